The number of aryl methyl sites for hydroxylation is 1. The first-order chi connectivity index (χ1) is 6.75. The van der Waals surface area contributed by atoms with Crippen LogP contribution < -0.4 is 4.90 Å². The lowest BCUT2D eigenvalue weighted by atomic mass is 10.2. The summed E-state index contributed by atoms with van der Waals surface area (Å²) in [5.41, 5.74) is 2.26. The normalized spacial score (nSPS) is 22.4. The van der Waals surface area contributed by atoms with Gasteiger partial charge in [-0.15, -0.1) is 0 Å². The van der Waals surface area contributed by atoms with Crippen LogP contribution >= 0.6 is 0 Å². The first-order valence-corrected chi connectivity index (χ1v) is 5.05. The first-order valence-electron chi connectivity index (χ1n) is 5.05. The van der Waals surface area contributed by atoms with Gasteiger partial charge in [0.15, 0.2) is 0 Å². The van der Waals surface area contributed by atoms with Crippen molar-refractivity contribution in [2.45, 2.75) is 20.0 Å². The standard InChI is InChI=1S/C11H16N2O/c1-9-3-4-11(7-12-9)13-5-6-14-10(2)8-13/h3-4,7,10H,5-6,8H2,1-2H3. The van der Waals surface area contributed by atoms with Crippen LogP contribution in [0, 0.1) is 6.92 Å². The summed E-state index contributed by atoms with van der Waals surface area (Å²) in [4.78, 5) is 6.62. The maximum Gasteiger partial charge on any atom is 0.0722 e. The summed E-state index contributed by atoms with van der Waals surface area (Å²) in [7, 11) is 0. The zero-order valence-electron chi connectivity index (χ0n) is 8.73. The van der Waals surface area contributed by atoms with Crippen LogP contribution in [0.1, 0.15) is 12.6 Å². The molecule has 1 aromatic rings. The van der Waals surface area contributed by atoms with E-state index in [-0.39, 0.29) is 0 Å². The molecule has 0 bridgehead atoms. The molecular formula is C11H16N2O. The van der Waals surface area contributed by atoms with Gasteiger partial charge in [0.05, 0.1) is 24.6 Å². The van der Waals surface area contributed by atoms with E-state index in [9.17, 15) is 0 Å². The maximum absolute atomic E-state index is 5.49. The predicted octanol–water partition coefficient (Wildman–Crippen LogP) is 1.62. The lowest BCUT2D eigenvalue weighted by Crippen LogP contribution is -2.41. The third-order valence-corrected chi connectivity index (χ3v) is 2.50. The van der Waals surface area contributed by atoms with Gasteiger partial charge in [-0.1, -0.05) is 0 Å². The highest BCUT2D eigenvalue weighted by atomic mass is 16.5. The van der Waals surface area contributed by atoms with E-state index in [0.29, 0.717) is 6.10 Å². The average Bonchev–Trinajstić information content (AvgIpc) is 2.19. The van der Waals surface area contributed by atoms with Crippen molar-refractivity contribution in [3.63, 3.8) is 0 Å². The van der Waals surface area contributed by atoms with Gasteiger partial charge in [-0.2, -0.15) is 0 Å². The lowest BCUT2D eigenvalue weighted by Gasteiger charge is -2.32. The molecule has 3 nitrogen and oxygen atoms in total. The topological polar surface area (TPSA) is 25.4 Å². The van der Waals surface area contributed by atoms with Crippen LogP contribution in [-0.4, -0.2) is 30.8 Å². The number of hydrogen-bond acceptors (Lipinski definition) is 3. The Kier molecular flexibility index (Phi) is 2.68. The van der Waals surface area contributed by atoms with Crippen LogP contribution in [0.5, 0.6) is 0 Å². The molecule has 0 spiro atoms. The Bertz CT molecular complexity index is 297. The van der Waals surface area contributed by atoms with Gasteiger partial charge in [-0.25, -0.2) is 0 Å². The minimum absolute atomic E-state index is 0.324. The molecular weight excluding hydrogens is 176 g/mol. The van der Waals surface area contributed by atoms with Gasteiger partial charge in [-0.3, -0.25) is 4.98 Å². The molecule has 2 heterocycles. The van der Waals surface area contributed by atoms with E-state index in [2.05, 4.69) is 28.9 Å². The smallest absolute Gasteiger partial charge is 0.0722 e. The third kappa shape index (κ3) is 2.04. The van der Waals surface area contributed by atoms with Crippen molar-refractivity contribution < 1.29 is 4.74 Å². The van der Waals surface area contributed by atoms with Gasteiger partial charge in [0, 0.05) is 18.8 Å². The van der Waals surface area contributed by atoms with E-state index in [1.165, 1.54) is 5.69 Å². The van der Waals surface area contributed by atoms with Crippen LogP contribution in [0.25, 0.3) is 0 Å². The Balaban J connectivity index is 2.10. The highest BCUT2D eigenvalue weighted by Crippen LogP contribution is 2.16. The van der Waals surface area contributed by atoms with Crippen molar-refractivity contribution in [1.82, 2.24) is 4.98 Å². The van der Waals surface area contributed by atoms with Gasteiger partial charge >= 0.3 is 0 Å². The van der Waals surface area contributed by atoms with Gasteiger partial charge < -0.3 is 9.64 Å². The second-order valence-electron chi connectivity index (χ2n) is 3.79. The van der Waals surface area contributed by atoms with E-state index in [0.717, 1.165) is 25.4 Å². The monoisotopic (exact) mass is 192 g/mol. The fourth-order valence-corrected chi connectivity index (χ4v) is 1.70. The zero-order chi connectivity index (χ0) is 9.97. The number of ether oxygens (including phenoxy) is 1. The summed E-state index contributed by atoms with van der Waals surface area (Å²) < 4.78 is 5.49. The second-order valence-corrected chi connectivity index (χ2v) is 3.79. The van der Waals surface area contributed by atoms with E-state index < -0.39 is 0 Å². The highest BCUT2D eigenvalue weighted by Gasteiger charge is 2.16. The zero-order valence-corrected chi connectivity index (χ0v) is 8.73. The van der Waals surface area contributed by atoms with Gasteiger partial charge in [0.2, 0.25) is 0 Å². The molecule has 1 aliphatic heterocycles. The molecule has 3 heteroatoms. The number of rotatable bonds is 1. The first kappa shape index (κ1) is 9.46. The van der Waals surface area contributed by atoms with Crippen LogP contribution in [0.3, 0.4) is 0 Å². The quantitative estimate of drug-likeness (QED) is 0.676. The maximum atomic E-state index is 5.49. The molecule has 0 amide bonds. The van der Waals surface area contributed by atoms with Crippen LogP contribution in [0.4, 0.5) is 5.69 Å². The highest BCUT2D eigenvalue weighted by molar-refractivity contribution is 5.44. The van der Waals surface area contributed by atoms with Crippen molar-refractivity contribution in [1.29, 1.82) is 0 Å². The minimum Gasteiger partial charge on any atom is -0.375 e. The fourth-order valence-electron chi connectivity index (χ4n) is 1.70. The van der Waals surface area contributed by atoms with Crippen LogP contribution in [0.15, 0.2) is 18.3 Å². The Morgan fingerprint density at radius 2 is 2.36 bits per heavy atom. The number of aromatic nitrogens is 1. The summed E-state index contributed by atoms with van der Waals surface area (Å²) in [6.45, 7) is 6.86. The van der Waals surface area contributed by atoms with Gasteiger partial charge in [0.1, 0.15) is 0 Å². The molecule has 0 radical (unpaired) electrons. The van der Waals surface area contributed by atoms with E-state index in [1.54, 1.807) is 0 Å². The summed E-state index contributed by atoms with van der Waals surface area (Å²) in [6.07, 6.45) is 2.26. The SMILES string of the molecule is Cc1ccc(N2CCOC(C)C2)cn1. The summed E-state index contributed by atoms with van der Waals surface area (Å²) in [5, 5.41) is 0. The molecule has 1 aliphatic rings. The van der Waals surface area contributed by atoms with Gasteiger partial charge in [0.25, 0.3) is 0 Å². The molecule has 1 aromatic heterocycles. The molecule has 0 saturated carbocycles. The predicted molar refractivity (Wildman–Crippen MR) is 56.6 cm³/mol. The number of pyridine rings is 1. The molecule has 1 unspecified atom stereocenters. The number of nitrogens with zero attached hydrogens (tertiary/aromatic N) is 2. The molecule has 0 aromatic carbocycles. The molecule has 76 valence electrons. The number of anilines is 1. The molecule has 2 rings (SSSR count). The van der Waals surface area contributed by atoms with E-state index in [1.807, 2.05) is 13.1 Å². The fraction of sp³-hybridized carbons (Fsp3) is 0.545. The minimum atomic E-state index is 0.324. The lowest BCUT2D eigenvalue weighted by molar-refractivity contribution is 0.0532. The van der Waals surface area contributed by atoms with E-state index >= 15 is 0 Å². The van der Waals surface area contributed by atoms with Crippen molar-refractivity contribution in [3.8, 4) is 0 Å². The summed E-state index contributed by atoms with van der Waals surface area (Å²) in [5.74, 6) is 0. The molecule has 1 atom stereocenters. The summed E-state index contributed by atoms with van der Waals surface area (Å²) in [6, 6.07) is 4.18. The molecule has 1 saturated heterocycles. The Morgan fingerprint density at radius 1 is 1.50 bits per heavy atom. The van der Waals surface area contributed by atoms with E-state index in [4.69, 9.17) is 4.74 Å². The molecule has 14 heavy (non-hydrogen) atoms. The Hall–Kier alpha value is -1.09. The molecule has 0 N–H and O–H groups in total. The van der Waals surface area contributed by atoms with Crippen molar-refractivity contribution >= 4 is 5.69 Å². The van der Waals surface area contributed by atoms with Crippen molar-refractivity contribution in [3.05, 3.63) is 24.0 Å². The molecule has 0 aliphatic carbocycles. The number of morpholine rings is 1. The Labute approximate surface area is 84.7 Å². The van der Waals surface area contributed by atoms with Crippen LogP contribution in [0.2, 0.25) is 0 Å². The second kappa shape index (κ2) is 3.96. The number of hydrogen-bond donors (Lipinski definition) is 0. The molecule has 1 fully saturated rings. The van der Waals surface area contributed by atoms with Crippen molar-refractivity contribution in [2.24, 2.45) is 0 Å². The largest absolute Gasteiger partial charge is 0.375 e. The van der Waals surface area contributed by atoms with Crippen molar-refractivity contribution in [2.75, 3.05) is 24.6 Å². The third-order valence-electron chi connectivity index (χ3n) is 2.50. The van der Waals surface area contributed by atoms with Gasteiger partial charge in [-0.05, 0) is 26.0 Å². The average molecular weight is 192 g/mol. The summed E-state index contributed by atoms with van der Waals surface area (Å²) >= 11 is 0. The Morgan fingerprint density at radius 3 is 3.00 bits per heavy atom. The van der Waals surface area contributed by atoms with Crippen LogP contribution in [-0.2, 0) is 4.74 Å².